The van der Waals surface area contributed by atoms with Crippen molar-refractivity contribution < 1.29 is 9.63 Å². The maximum absolute atomic E-state index is 12.7. The van der Waals surface area contributed by atoms with Crippen LogP contribution >= 0.6 is 0 Å². The number of hydroxylamine groups is 2. The minimum absolute atomic E-state index is 0.132. The summed E-state index contributed by atoms with van der Waals surface area (Å²) < 4.78 is 1.91. The number of carbonyl (C=O) groups is 1. The number of imidazole rings is 1. The van der Waals surface area contributed by atoms with Crippen LogP contribution in [-0.2, 0) is 0 Å². The minimum atomic E-state index is -0.132. The number of rotatable bonds is 7. The van der Waals surface area contributed by atoms with Crippen LogP contribution in [-0.4, -0.2) is 27.1 Å². The Kier molecular flexibility index (Phi) is 5.46. The number of unbranched alkanes of at least 4 members (excludes halogenated alkanes) is 1. The average Bonchev–Trinajstić information content (AvgIpc) is 3.20. The van der Waals surface area contributed by atoms with Gasteiger partial charge in [0.15, 0.2) is 5.75 Å². The van der Waals surface area contributed by atoms with Crippen molar-refractivity contribution in [3.8, 4) is 11.4 Å². The van der Waals surface area contributed by atoms with E-state index in [1.165, 1.54) is 5.06 Å². The summed E-state index contributed by atoms with van der Waals surface area (Å²) in [5.41, 5.74) is 1.60. The molecule has 5 heteroatoms. The van der Waals surface area contributed by atoms with Gasteiger partial charge < -0.3 is 9.40 Å². The third-order valence-electron chi connectivity index (χ3n) is 3.82. The Balaban J connectivity index is 1.74. The Labute approximate surface area is 147 Å². The van der Waals surface area contributed by atoms with Crippen LogP contribution in [0.5, 0.6) is 5.75 Å². The second-order valence-corrected chi connectivity index (χ2v) is 5.68. The molecular weight excluding hydrogens is 314 g/mol. The third kappa shape index (κ3) is 4.26. The van der Waals surface area contributed by atoms with Crippen molar-refractivity contribution in [3.63, 3.8) is 0 Å². The first kappa shape index (κ1) is 16.8. The molecule has 0 saturated carbocycles. The fourth-order valence-electron chi connectivity index (χ4n) is 2.43. The molecule has 0 N–H and O–H groups in total. The summed E-state index contributed by atoms with van der Waals surface area (Å²) in [6, 6.07) is 16.8. The molecule has 0 radical (unpaired) electrons. The molecule has 1 aromatic heterocycles. The molecule has 0 saturated heterocycles. The van der Waals surface area contributed by atoms with Crippen molar-refractivity contribution in [2.45, 2.75) is 19.8 Å². The van der Waals surface area contributed by atoms with Gasteiger partial charge in [0.1, 0.15) is 0 Å². The molecule has 1 heterocycles. The Morgan fingerprint density at radius 2 is 1.88 bits per heavy atom. The van der Waals surface area contributed by atoms with Crippen LogP contribution in [0.1, 0.15) is 30.1 Å². The number of hydrogen-bond acceptors (Lipinski definition) is 3. The van der Waals surface area contributed by atoms with E-state index in [1.54, 1.807) is 24.7 Å². The minimum Gasteiger partial charge on any atom is -0.377 e. The van der Waals surface area contributed by atoms with Crippen LogP contribution in [0.15, 0.2) is 73.3 Å². The summed E-state index contributed by atoms with van der Waals surface area (Å²) in [7, 11) is 0. The number of hydrogen-bond donors (Lipinski definition) is 0. The molecule has 5 nitrogen and oxygen atoms in total. The smallest absolute Gasteiger partial charge is 0.286 e. The fraction of sp³-hybridized carbons (Fsp3) is 0.200. The lowest BCUT2D eigenvalue weighted by molar-refractivity contribution is -0.0337. The van der Waals surface area contributed by atoms with Crippen molar-refractivity contribution in [1.29, 1.82) is 0 Å². The van der Waals surface area contributed by atoms with Crippen molar-refractivity contribution in [1.82, 2.24) is 14.6 Å². The largest absolute Gasteiger partial charge is 0.377 e. The molecule has 0 aliphatic carbocycles. The van der Waals surface area contributed by atoms with Gasteiger partial charge in [0.25, 0.3) is 5.91 Å². The van der Waals surface area contributed by atoms with Crippen LogP contribution in [0.4, 0.5) is 0 Å². The number of aromatic nitrogens is 2. The highest BCUT2D eigenvalue weighted by Gasteiger charge is 2.17. The van der Waals surface area contributed by atoms with Crippen molar-refractivity contribution >= 4 is 5.91 Å². The van der Waals surface area contributed by atoms with Gasteiger partial charge in [-0.1, -0.05) is 31.5 Å². The number of nitrogens with zero attached hydrogens (tertiary/aromatic N) is 3. The first-order chi connectivity index (χ1) is 12.3. The van der Waals surface area contributed by atoms with Crippen LogP contribution < -0.4 is 4.84 Å². The van der Waals surface area contributed by atoms with E-state index in [0.29, 0.717) is 17.9 Å². The first-order valence-corrected chi connectivity index (χ1v) is 8.41. The Morgan fingerprint density at radius 3 is 2.52 bits per heavy atom. The standard InChI is InChI=1S/C20H21N3O2/c1-2-3-14-23(20(24)17-7-5-4-6-8-17)25-19-11-9-18(10-12-19)22-15-13-21-16-22/h4-13,15-16H,2-3,14H2,1H3. The zero-order valence-corrected chi connectivity index (χ0v) is 14.2. The van der Waals surface area contributed by atoms with Gasteiger partial charge in [0.2, 0.25) is 0 Å². The molecule has 128 valence electrons. The van der Waals surface area contributed by atoms with E-state index >= 15 is 0 Å². The van der Waals surface area contributed by atoms with Gasteiger partial charge in [-0.05, 0) is 42.8 Å². The monoisotopic (exact) mass is 335 g/mol. The number of benzene rings is 2. The summed E-state index contributed by atoms with van der Waals surface area (Å²) in [5, 5.41) is 1.44. The van der Waals surface area contributed by atoms with E-state index in [2.05, 4.69) is 11.9 Å². The normalized spacial score (nSPS) is 10.4. The molecule has 3 rings (SSSR count). The van der Waals surface area contributed by atoms with Gasteiger partial charge >= 0.3 is 0 Å². The van der Waals surface area contributed by atoms with E-state index < -0.39 is 0 Å². The van der Waals surface area contributed by atoms with Gasteiger partial charge in [0.05, 0.1) is 12.9 Å². The molecule has 0 atom stereocenters. The zero-order valence-electron chi connectivity index (χ0n) is 14.2. The van der Waals surface area contributed by atoms with E-state index in [0.717, 1.165) is 18.5 Å². The summed E-state index contributed by atoms with van der Waals surface area (Å²) in [6.45, 7) is 2.64. The highest BCUT2D eigenvalue weighted by atomic mass is 16.7. The second kappa shape index (κ2) is 8.15. The molecule has 0 unspecified atom stereocenters. The molecule has 0 bridgehead atoms. The van der Waals surface area contributed by atoms with E-state index in [9.17, 15) is 4.79 Å². The summed E-state index contributed by atoms with van der Waals surface area (Å²) in [5.74, 6) is 0.497. The Morgan fingerprint density at radius 1 is 1.12 bits per heavy atom. The van der Waals surface area contributed by atoms with E-state index in [-0.39, 0.29) is 5.91 Å². The van der Waals surface area contributed by atoms with Gasteiger partial charge in [-0.2, -0.15) is 5.06 Å². The van der Waals surface area contributed by atoms with E-state index in [4.69, 9.17) is 4.84 Å². The van der Waals surface area contributed by atoms with Crippen molar-refractivity contribution in [3.05, 3.63) is 78.9 Å². The maximum Gasteiger partial charge on any atom is 0.286 e. The van der Waals surface area contributed by atoms with Gasteiger partial charge in [-0.15, -0.1) is 0 Å². The lowest BCUT2D eigenvalue weighted by Crippen LogP contribution is -2.35. The topological polar surface area (TPSA) is 47.4 Å². The SMILES string of the molecule is CCCCN(Oc1ccc(-n2ccnc2)cc1)C(=O)c1ccccc1. The lowest BCUT2D eigenvalue weighted by atomic mass is 10.2. The van der Waals surface area contributed by atoms with Gasteiger partial charge in [0, 0.05) is 23.6 Å². The molecular formula is C20H21N3O2. The molecule has 1 amide bonds. The average molecular weight is 335 g/mol. The molecule has 25 heavy (non-hydrogen) atoms. The summed E-state index contributed by atoms with van der Waals surface area (Å²) >= 11 is 0. The molecule has 2 aromatic carbocycles. The third-order valence-corrected chi connectivity index (χ3v) is 3.82. The second-order valence-electron chi connectivity index (χ2n) is 5.68. The predicted molar refractivity (Wildman–Crippen MR) is 96.6 cm³/mol. The Hall–Kier alpha value is -3.08. The quantitative estimate of drug-likeness (QED) is 0.611. The summed E-state index contributed by atoms with van der Waals surface area (Å²) in [6.07, 6.45) is 7.22. The molecule has 0 fully saturated rings. The molecule has 0 spiro atoms. The maximum atomic E-state index is 12.7. The van der Waals surface area contributed by atoms with Crippen LogP contribution in [0.25, 0.3) is 5.69 Å². The van der Waals surface area contributed by atoms with Gasteiger partial charge in [-0.25, -0.2) is 4.98 Å². The van der Waals surface area contributed by atoms with Crippen LogP contribution in [0, 0.1) is 0 Å². The van der Waals surface area contributed by atoms with Crippen molar-refractivity contribution in [2.75, 3.05) is 6.54 Å². The van der Waals surface area contributed by atoms with Gasteiger partial charge in [-0.3, -0.25) is 4.79 Å². The highest BCUT2D eigenvalue weighted by Crippen LogP contribution is 2.18. The van der Waals surface area contributed by atoms with Crippen LogP contribution in [0.2, 0.25) is 0 Å². The van der Waals surface area contributed by atoms with E-state index in [1.807, 2.05) is 53.2 Å². The number of carbonyl (C=O) groups excluding carboxylic acids is 1. The highest BCUT2D eigenvalue weighted by molar-refractivity contribution is 5.93. The predicted octanol–water partition coefficient (Wildman–Crippen LogP) is 4.11. The molecule has 0 aliphatic heterocycles. The molecule has 3 aromatic rings. The number of amides is 1. The summed E-state index contributed by atoms with van der Waals surface area (Å²) in [4.78, 5) is 22.6. The Bertz CT molecular complexity index is 784. The zero-order chi connectivity index (χ0) is 17.5. The fourth-order valence-corrected chi connectivity index (χ4v) is 2.43. The van der Waals surface area contributed by atoms with Crippen molar-refractivity contribution in [2.24, 2.45) is 0 Å². The lowest BCUT2D eigenvalue weighted by Gasteiger charge is -2.22. The van der Waals surface area contributed by atoms with Crippen LogP contribution in [0.3, 0.4) is 0 Å². The molecule has 0 aliphatic rings. The first-order valence-electron chi connectivity index (χ1n) is 8.41.